The first kappa shape index (κ1) is 13.7. The van der Waals surface area contributed by atoms with Gasteiger partial charge >= 0.3 is 0 Å². The van der Waals surface area contributed by atoms with E-state index in [-0.39, 0.29) is 0 Å². The highest BCUT2D eigenvalue weighted by atomic mass is 32.2. The molecular formula is C16H17NOS. The van der Waals surface area contributed by atoms with E-state index in [1.807, 2.05) is 74.5 Å². The van der Waals surface area contributed by atoms with Crippen LogP contribution in [0.5, 0.6) is 0 Å². The normalized spacial score (nSPS) is 13.6. The summed E-state index contributed by atoms with van der Waals surface area (Å²) >= 11 is 0. The van der Waals surface area contributed by atoms with Crippen molar-refractivity contribution >= 4 is 17.2 Å². The first-order chi connectivity index (χ1) is 9.10. The standard InChI is InChI=1S/C16H17NOS/c1-16(2,15-11-7-4-8-12-15)19(18)17-13-14-9-5-3-6-10-14/h3-13H,1-2H3/b17-13+. The largest absolute Gasteiger partial charge is 0.234 e. The van der Waals surface area contributed by atoms with E-state index in [1.54, 1.807) is 6.21 Å². The summed E-state index contributed by atoms with van der Waals surface area (Å²) in [7, 11) is -1.31. The fourth-order valence-electron chi connectivity index (χ4n) is 1.72. The molecule has 0 radical (unpaired) electrons. The minimum absolute atomic E-state index is 0.494. The number of hydrogen-bond donors (Lipinski definition) is 0. The van der Waals surface area contributed by atoms with Crippen molar-refractivity contribution in [2.45, 2.75) is 18.6 Å². The lowest BCUT2D eigenvalue weighted by molar-refractivity contribution is 0.644. The Balaban J connectivity index is 2.18. The van der Waals surface area contributed by atoms with Gasteiger partial charge in [-0.2, -0.15) is 4.40 Å². The lowest BCUT2D eigenvalue weighted by atomic mass is 10.0. The zero-order valence-electron chi connectivity index (χ0n) is 11.1. The van der Waals surface area contributed by atoms with E-state index in [1.165, 1.54) is 0 Å². The third kappa shape index (κ3) is 3.38. The maximum Gasteiger partial charge on any atom is 0.149 e. The van der Waals surface area contributed by atoms with Crippen molar-refractivity contribution in [3.63, 3.8) is 0 Å². The van der Waals surface area contributed by atoms with E-state index in [0.29, 0.717) is 0 Å². The van der Waals surface area contributed by atoms with Gasteiger partial charge in [-0.3, -0.25) is 0 Å². The quantitative estimate of drug-likeness (QED) is 0.780. The van der Waals surface area contributed by atoms with Crippen LogP contribution in [0.4, 0.5) is 0 Å². The number of nitrogens with zero attached hydrogens (tertiary/aromatic N) is 1. The summed E-state index contributed by atoms with van der Waals surface area (Å²) in [5.74, 6) is 0. The Kier molecular flexibility index (Phi) is 4.27. The molecule has 2 aromatic rings. The highest BCUT2D eigenvalue weighted by Crippen LogP contribution is 2.27. The first-order valence-corrected chi connectivity index (χ1v) is 7.28. The minimum atomic E-state index is -1.31. The van der Waals surface area contributed by atoms with Crippen LogP contribution >= 0.6 is 0 Å². The fraction of sp³-hybridized carbons (Fsp3) is 0.188. The molecule has 0 spiro atoms. The summed E-state index contributed by atoms with van der Waals surface area (Å²) in [4.78, 5) is 0. The second-order valence-electron chi connectivity index (χ2n) is 4.77. The van der Waals surface area contributed by atoms with Crippen molar-refractivity contribution < 1.29 is 4.21 Å². The van der Waals surface area contributed by atoms with Crippen molar-refractivity contribution in [3.8, 4) is 0 Å². The van der Waals surface area contributed by atoms with E-state index in [2.05, 4.69) is 4.40 Å². The molecule has 2 aromatic carbocycles. The molecular weight excluding hydrogens is 254 g/mol. The van der Waals surface area contributed by atoms with Gasteiger partial charge in [0.05, 0.1) is 4.75 Å². The Bertz CT molecular complexity index is 576. The van der Waals surface area contributed by atoms with Gasteiger partial charge in [-0.15, -0.1) is 0 Å². The molecule has 2 nitrogen and oxygen atoms in total. The van der Waals surface area contributed by atoms with Gasteiger partial charge in [-0.05, 0) is 25.0 Å². The van der Waals surface area contributed by atoms with Crippen LogP contribution < -0.4 is 0 Å². The molecule has 0 bridgehead atoms. The second kappa shape index (κ2) is 5.93. The van der Waals surface area contributed by atoms with Gasteiger partial charge in [-0.1, -0.05) is 60.7 Å². The lowest BCUT2D eigenvalue weighted by Gasteiger charge is -2.21. The van der Waals surface area contributed by atoms with Gasteiger partial charge in [0.15, 0.2) is 0 Å². The van der Waals surface area contributed by atoms with Crippen LogP contribution in [-0.4, -0.2) is 10.4 Å². The number of rotatable bonds is 4. The van der Waals surface area contributed by atoms with Crippen molar-refractivity contribution in [2.75, 3.05) is 0 Å². The summed E-state index contributed by atoms with van der Waals surface area (Å²) in [5, 5.41) is 0. The molecule has 0 saturated heterocycles. The van der Waals surface area contributed by atoms with Crippen LogP contribution in [0.15, 0.2) is 65.1 Å². The van der Waals surface area contributed by atoms with E-state index in [0.717, 1.165) is 11.1 Å². The van der Waals surface area contributed by atoms with Crippen molar-refractivity contribution in [1.29, 1.82) is 0 Å². The molecule has 0 amide bonds. The molecule has 1 atom stereocenters. The van der Waals surface area contributed by atoms with E-state index >= 15 is 0 Å². The van der Waals surface area contributed by atoms with Crippen LogP contribution in [0.25, 0.3) is 0 Å². The molecule has 0 N–H and O–H groups in total. The highest BCUT2D eigenvalue weighted by Gasteiger charge is 2.27. The molecule has 0 aromatic heterocycles. The van der Waals surface area contributed by atoms with Crippen LogP contribution in [0.2, 0.25) is 0 Å². The van der Waals surface area contributed by atoms with Gasteiger partial charge in [-0.25, -0.2) is 4.21 Å². The van der Waals surface area contributed by atoms with Crippen LogP contribution in [-0.2, 0) is 15.7 Å². The molecule has 0 aliphatic carbocycles. The van der Waals surface area contributed by atoms with Crippen LogP contribution in [0, 0.1) is 0 Å². The molecule has 3 heteroatoms. The molecule has 2 rings (SSSR count). The average molecular weight is 271 g/mol. The molecule has 19 heavy (non-hydrogen) atoms. The second-order valence-corrected chi connectivity index (χ2v) is 6.50. The van der Waals surface area contributed by atoms with Crippen molar-refractivity contribution in [2.24, 2.45) is 4.40 Å². The summed E-state index contributed by atoms with van der Waals surface area (Å²) in [6.07, 6.45) is 1.67. The van der Waals surface area contributed by atoms with Gasteiger partial charge in [0.25, 0.3) is 0 Å². The van der Waals surface area contributed by atoms with E-state index < -0.39 is 15.7 Å². The molecule has 0 fully saturated rings. The van der Waals surface area contributed by atoms with Crippen molar-refractivity contribution in [1.82, 2.24) is 0 Å². The smallest absolute Gasteiger partial charge is 0.149 e. The Morgan fingerprint density at radius 1 is 0.947 bits per heavy atom. The van der Waals surface area contributed by atoms with Gasteiger partial charge in [0.1, 0.15) is 11.0 Å². The third-order valence-electron chi connectivity index (χ3n) is 3.00. The Labute approximate surface area is 116 Å². The zero-order chi connectivity index (χ0) is 13.7. The molecule has 0 saturated carbocycles. The monoisotopic (exact) mass is 271 g/mol. The molecule has 0 aliphatic rings. The maximum atomic E-state index is 12.4. The Morgan fingerprint density at radius 2 is 1.47 bits per heavy atom. The predicted molar refractivity (Wildman–Crippen MR) is 81.6 cm³/mol. The Hall–Kier alpha value is -1.74. The van der Waals surface area contributed by atoms with Gasteiger partial charge in [0.2, 0.25) is 0 Å². The molecule has 98 valence electrons. The summed E-state index contributed by atoms with van der Waals surface area (Å²) in [5.41, 5.74) is 1.98. The van der Waals surface area contributed by atoms with Gasteiger partial charge in [0, 0.05) is 6.21 Å². The third-order valence-corrected chi connectivity index (χ3v) is 4.41. The van der Waals surface area contributed by atoms with Crippen LogP contribution in [0.3, 0.4) is 0 Å². The summed E-state index contributed by atoms with van der Waals surface area (Å²) in [6.45, 7) is 3.89. The lowest BCUT2D eigenvalue weighted by Crippen LogP contribution is -2.22. The summed E-state index contributed by atoms with van der Waals surface area (Å²) < 4.78 is 16.0. The zero-order valence-corrected chi connectivity index (χ0v) is 11.9. The van der Waals surface area contributed by atoms with E-state index in [4.69, 9.17) is 0 Å². The van der Waals surface area contributed by atoms with Crippen molar-refractivity contribution in [3.05, 3.63) is 71.8 Å². The van der Waals surface area contributed by atoms with Crippen LogP contribution in [0.1, 0.15) is 25.0 Å². The minimum Gasteiger partial charge on any atom is -0.234 e. The highest BCUT2D eigenvalue weighted by molar-refractivity contribution is 7.84. The summed E-state index contributed by atoms with van der Waals surface area (Å²) in [6, 6.07) is 19.5. The SMILES string of the molecule is CC(C)(c1ccccc1)S(=O)/N=C/c1ccccc1. The number of benzene rings is 2. The predicted octanol–water partition coefficient (Wildman–Crippen LogP) is 3.70. The molecule has 0 aliphatic heterocycles. The topological polar surface area (TPSA) is 29.4 Å². The van der Waals surface area contributed by atoms with E-state index in [9.17, 15) is 4.21 Å². The first-order valence-electron chi connectivity index (χ1n) is 6.17. The maximum absolute atomic E-state index is 12.4. The Morgan fingerprint density at radius 3 is 2.05 bits per heavy atom. The average Bonchev–Trinajstić information content (AvgIpc) is 2.46. The molecule has 1 unspecified atom stereocenters. The molecule has 0 heterocycles. The fourth-order valence-corrected chi connectivity index (χ4v) is 2.54. The van der Waals surface area contributed by atoms with Gasteiger partial charge < -0.3 is 0 Å². The number of hydrogen-bond acceptors (Lipinski definition) is 1.